The quantitative estimate of drug-likeness (QED) is 0.323. The maximum Gasteiger partial charge on any atom is 0.417 e. The third kappa shape index (κ3) is 7.04. The number of imide groups is 1. The fraction of sp³-hybridized carbons (Fsp3) is 0.762. The zero-order valence-corrected chi connectivity index (χ0v) is 20.6. The highest BCUT2D eigenvalue weighted by atomic mass is 79.9. The van der Waals surface area contributed by atoms with Gasteiger partial charge in [-0.1, -0.05) is 13.8 Å². The fourth-order valence-electron chi connectivity index (χ4n) is 3.51. The molecule has 2 heterocycles. The Morgan fingerprint density at radius 1 is 1.27 bits per heavy atom. The highest BCUT2D eigenvalue weighted by molar-refractivity contribution is 9.11. The maximum atomic E-state index is 13.2. The molecule has 2 amide bonds. The molecule has 0 aromatic carbocycles. The number of carbonyl (C=O) groups excluding carboxylic acids is 3. The second kappa shape index (κ2) is 12.9. The largest absolute Gasteiger partial charge is 0.447 e. The third-order valence-corrected chi connectivity index (χ3v) is 6.19. The molecule has 12 heteroatoms. The third-order valence-electron chi connectivity index (χ3n) is 5.34. The number of carbonyl (C=O) groups is 3. The first kappa shape index (κ1) is 27.8. The lowest BCUT2D eigenvalue weighted by Crippen LogP contribution is -2.57. The first-order valence-corrected chi connectivity index (χ1v) is 11.6. The van der Waals surface area contributed by atoms with E-state index in [9.17, 15) is 19.5 Å². The number of amides is 2. The van der Waals surface area contributed by atoms with Gasteiger partial charge in [-0.05, 0) is 34.3 Å². The Labute approximate surface area is 201 Å². The van der Waals surface area contributed by atoms with E-state index in [1.807, 2.05) is 13.8 Å². The molecular weight excluding hydrogens is 506 g/mol. The number of ether oxygens (including phenoxy) is 5. The summed E-state index contributed by atoms with van der Waals surface area (Å²) in [7, 11) is 1.23. The predicted molar refractivity (Wildman–Crippen MR) is 117 cm³/mol. The highest BCUT2D eigenvalue weighted by Crippen LogP contribution is 2.36. The smallest absolute Gasteiger partial charge is 0.417 e. The molecule has 0 aromatic rings. The van der Waals surface area contributed by atoms with E-state index in [0.29, 0.717) is 19.6 Å². The molecule has 4 atom stereocenters. The van der Waals surface area contributed by atoms with Crippen LogP contribution < -0.4 is 0 Å². The zero-order valence-electron chi connectivity index (χ0n) is 19.0. The molecule has 1 saturated heterocycles. The fourth-order valence-corrected chi connectivity index (χ4v) is 4.02. The van der Waals surface area contributed by atoms with Crippen molar-refractivity contribution < 1.29 is 48.3 Å². The molecule has 33 heavy (non-hydrogen) atoms. The van der Waals surface area contributed by atoms with Gasteiger partial charge in [0.2, 0.25) is 0 Å². The van der Waals surface area contributed by atoms with Crippen LogP contribution in [0, 0.1) is 5.92 Å². The summed E-state index contributed by atoms with van der Waals surface area (Å²) in [4.78, 5) is 38.9. The predicted octanol–water partition coefficient (Wildman–Crippen LogP) is 0.746. The summed E-state index contributed by atoms with van der Waals surface area (Å²) in [6.07, 6.45) is -2.12. The summed E-state index contributed by atoms with van der Waals surface area (Å²) in [5.41, 5.74) is 0. The summed E-state index contributed by atoms with van der Waals surface area (Å²) < 4.78 is 26.6. The van der Waals surface area contributed by atoms with Crippen molar-refractivity contribution in [3.63, 3.8) is 0 Å². The summed E-state index contributed by atoms with van der Waals surface area (Å²) in [6, 6.07) is -0.499. The van der Waals surface area contributed by atoms with Gasteiger partial charge >= 0.3 is 6.09 Å². The Morgan fingerprint density at radius 2 is 1.94 bits per heavy atom. The Kier molecular flexibility index (Phi) is 10.9. The lowest BCUT2D eigenvalue weighted by Gasteiger charge is -2.38. The van der Waals surface area contributed by atoms with Gasteiger partial charge in [-0.15, -0.1) is 0 Å². The van der Waals surface area contributed by atoms with E-state index in [1.54, 1.807) is 0 Å². The lowest BCUT2D eigenvalue weighted by atomic mass is 9.98. The molecule has 1 fully saturated rings. The average Bonchev–Trinajstić information content (AvgIpc) is 3.16. The summed E-state index contributed by atoms with van der Waals surface area (Å²) >= 11 is 3.17. The van der Waals surface area contributed by atoms with Gasteiger partial charge in [-0.25, -0.2) is 9.69 Å². The Bertz CT molecular complexity index is 730. The molecule has 0 aromatic heterocycles. The molecular formula is C21H32BrNO10. The van der Waals surface area contributed by atoms with Gasteiger partial charge in [-0.3, -0.25) is 9.59 Å². The molecule has 0 spiro atoms. The SMILES string of the molecule is CO[C@@H](C(=O)N1C(=O)OC[C@H]1C(C)C)[C@H]1O[C@@](O)(CCCOCCOCCO)C(Br)=CC1=O. The van der Waals surface area contributed by atoms with Gasteiger partial charge in [0.05, 0.1) is 37.0 Å². The van der Waals surface area contributed by atoms with Crippen LogP contribution in [0.1, 0.15) is 26.7 Å². The van der Waals surface area contributed by atoms with Gasteiger partial charge in [0.25, 0.3) is 5.91 Å². The van der Waals surface area contributed by atoms with Gasteiger partial charge in [0, 0.05) is 20.1 Å². The number of ketones is 1. The van der Waals surface area contributed by atoms with Crippen molar-refractivity contribution in [2.75, 3.05) is 46.8 Å². The molecule has 0 radical (unpaired) electrons. The topological polar surface area (TPSA) is 141 Å². The molecule has 0 aliphatic carbocycles. The van der Waals surface area contributed by atoms with Crippen LogP contribution in [0.25, 0.3) is 0 Å². The van der Waals surface area contributed by atoms with Crippen molar-refractivity contribution >= 4 is 33.7 Å². The van der Waals surface area contributed by atoms with Crippen molar-refractivity contribution in [2.24, 2.45) is 5.92 Å². The summed E-state index contributed by atoms with van der Waals surface area (Å²) in [6.45, 7) is 4.85. The average molecular weight is 538 g/mol. The van der Waals surface area contributed by atoms with Crippen molar-refractivity contribution in [1.29, 1.82) is 0 Å². The molecule has 2 rings (SSSR count). The number of cyclic esters (lactones) is 1. The molecule has 0 saturated carbocycles. The van der Waals surface area contributed by atoms with E-state index in [4.69, 9.17) is 28.8 Å². The lowest BCUT2D eigenvalue weighted by molar-refractivity contribution is -0.227. The van der Waals surface area contributed by atoms with E-state index in [0.717, 1.165) is 11.0 Å². The van der Waals surface area contributed by atoms with Crippen molar-refractivity contribution in [1.82, 2.24) is 4.90 Å². The standard InChI is InChI=1S/C21H32BrNO10/c1-13(2)14-12-32-20(27)23(14)19(26)18(29-3)17-15(25)11-16(22)21(28,33-17)5-4-7-30-9-10-31-8-6-24/h11,13-14,17-18,24,28H,4-10,12H2,1-3H3/t14-,17-,18+,21-/m0/s1. The number of hydrogen-bond acceptors (Lipinski definition) is 10. The molecule has 2 aliphatic rings. The minimum absolute atomic E-state index is 0.0541. The van der Waals surface area contributed by atoms with Gasteiger partial charge in [-0.2, -0.15) is 0 Å². The number of aliphatic hydroxyl groups is 2. The van der Waals surface area contributed by atoms with Crippen molar-refractivity contribution in [3.05, 3.63) is 10.6 Å². The monoisotopic (exact) mass is 537 g/mol. The number of hydrogen-bond donors (Lipinski definition) is 2. The second-order valence-corrected chi connectivity index (χ2v) is 8.88. The number of nitrogens with zero attached hydrogens (tertiary/aromatic N) is 1. The molecule has 188 valence electrons. The van der Waals surface area contributed by atoms with Crippen LogP contribution in [0.3, 0.4) is 0 Å². The van der Waals surface area contributed by atoms with Crippen LogP contribution in [0.2, 0.25) is 0 Å². The summed E-state index contributed by atoms with van der Waals surface area (Å²) in [5, 5.41) is 19.7. The van der Waals surface area contributed by atoms with E-state index < -0.39 is 41.8 Å². The zero-order chi connectivity index (χ0) is 24.6. The van der Waals surface area contributed by atoms with E-state index in [1.165, 1.54) is 7.11 Å². The maximum absolute atomic E-state index is 13.2. The normalized spacial score (nSPS) is 26.5. The van der Waals surface area contributed by atoms with Crippen LogP contribution in [0.4, 0.5) is 4.79 Å². The number of rotatable bonds is 13. The van der Waals surface area contributed by atoms with E-state index in [2.05, 4.69) is 15.9 Å². The minimum atomic E-state index is -1.88. The molecule has 2 aliphatic heterocycles. The molecule has 0 unspecified atom stereocenters. The molecule has 0 bridgehead atoms. The van der Waals surface area contributed by atoms with Crippen LogP contribution in [-0.4, -0.2) is 104 Å². The highest BCUT2D eigenvalue weighted by Gasteiger charge is 2.50. The number of halogens is 1. The van der Waals surface area contributed by atoms with Gasteiger partial charge < -0.3 is 33.9 Å². The number of aliphatic hydroxyl groups excluding tert-OH is 1. The van der Waals surface area contributed by atoms with Crippen LogP contribution in [-0.2, 0) is 33.3 Å². The van der Waals surface area contributed by atoms with Crippen molar-refractivity contribution in [2.45, 2.75) is 50.7 Å². The first-order chi connectivity index (χ1) is 15.7. The van der Waals surface area contributed by atoms with E-state index in [-0.39, 0.29) is 43.2 Å². The minimum Gasteiger partial charge on any atom is -0.447 e. The Hall–Kier alpha value is -1.41. The second-order valence-electron chi connectivity index (χ2n) is 8.02. The van der Waals surface area contributed by atoms with Crippen LogP contribution in [0.15, 0.2) is 10.6 Å². The molecule has 11 nitrogen and oxygen atoms in total. The Morgan fingerprint density at radius 3 is 2.55 bits per heavy atom. The van der Waals surface area contributed by atoms with Crippen molar-refractivity contribution in [3.8, 4) is 0 Å². The van der Waals surface area contributed by atoms with Gasteiger partial charge in [0.1, 0.15) is 6.61 Å². The van der Waals surface area contributed by atoms with Crippen LogP contribution >= 0.6 is 15.9 Å². The summed E-state index contributed by atoms with van der Waals surface area (Å²) in [5.74, 6) is -3.30. The first-order valence-electron chi connectivity index (χ1n) is 10.8. The van der Waals surface area contributed by atoms with Crippen LogP contribution in [0.5, 0.6) is 0 Å². The van der Waals surface area contributed by atoms with E-state index >= 15 is 0 Å². The number of methoxy groups -OCH3 is 1. The Balaban J connectivity index is 2.03. The molecule has 2 N–H and O–H groups in total. The van der Waals surface area contributed by atoms with Gasteiger partial charge in [0.15, 0.2) is 23.8 Å².